The molecule has 0 radical (unpaired) electrons. The lowest BCUT2D eigenvalue weighted by Crippen LogP contribution is -2.31. The number of hydrogen-bond acceptors (Lipinski definition) is 3. The number of benzene rings is 2. The van der Waals surface area contributed by atoms with E-state index in [1.807, 2.05) is 24.3 Å². The van der Waals surface area contributed by atoms with Crippen molar-refractivity contribution < 1.29 is 13.1 Å². The van der Waals surface area contributed by atoms with Crippen LogP contribution in [0.15, 0.2) is 71.8 Å². The number of pyridine rings is 1. The van der Waals surface area contributed by atoms with Gasteiger partial charge in [0.1, 0.15) is 5.52 Å². The summed E-state index contributed by atoms with van der Waals surface area (Å²) in [6.07, 6.45) is 3.96. The standard InChI is InChI=1S/C21H20N2O3S/c1-2-3-9-16-14-19-18-12-7-8-13-20(18)23(21(19)15-22(16)24)27(25,26)17-10-5-4-6-11-17/h4-8,10-15H,2-3,9H2,1H3. The number of aryl methyl sites for hydroxylation is 1. The van der Waals surface area contributed by atoms with Gasteiger partial charge in [-0.1, -0.05) is 49.7 Å². The normalized spacial score (nSPS) is 12.0. The molecule has 0 saturated carbocycles. The molecule has 6 heteroatoms. The predicted molar refractivity (Wildman–Crippen MR) is 106 cm³/mol. The van der Waals surface area contributed by atoms with Crippen LogP contribution in [0.4, 0.5) is 0 Å². The zero-order valence-electron chi connectivity index (χ0n) is 15.0. The van der Waals surface area contributed by atoms with Crippen molar-refractivity contribution in [2.24, 2.45) is 0 Å². The summed E-state index contributed by atoms with van der Waals surface area (Å²) in [6.45, 7) is 2.08. The second-order valence-corrected chi connectivity index (χ2v) is 8.38. The Morgan fingerprint density at radius 1 is 0.963 bits per heavy atom. The molecule has 4 aromatic rings. The summed E-state index contributed by atoms with van der Waals surface area (Å²) in [4.78, 5) is 0.195. The Morgan fingerprint density at radius 3 is 2.41 bits per heavy atom. The zero-order chi connectivity index (χ0) is 19.0. The molecule has 4 rings (SSSR count). The molecule has 0 saturated heterocycles. The second-order valence-electron chi connectivity index (χ2n) is 6.59. The topological polar surface area (TPSA) is 66.0 Å². The second kappa shape index (κ2) is 6.70. The van der Waals surface area contributed by atoms with Crippen molar-refractivity contribution in [3.63, 3.8) is 0 Å². The van der Waals surface area contributed by atoms with Gasteiger partial charge in [0.2, 0.25) is 6.20 Å². The lowest BCUT2D eigenvalue weighted by molar-refractivity contribution is -0.612. The van der Waals surface area contributed by atoms with Gasteiger partial charge in [0.25, 0.3) is 10.0 Å². The van der Waals surface area contributed by atoms with Crippen molar-refractivity contribution in [1.82, 2.24) is 3.97 Å². The van der Waals surface area contributed by atoms with E-state index in [-0.39, 0.29) is 4.90 Å². The van der Waals surface area contributed by atoms with Gasteiger partial charge < -0.3 is 5.21 Å². The molecule has 0 aliphatic heterocycles. The Labute approximate surface area is 158 Å². The van der Waals surface area contributed by atoms with E-state index >= 15 is 0 Å². The van der Waals surface area contributed by atoms with Gasteiger partial charge in [-0.2, -0.15) is 4.73 Å². The van der Waals surface area contributed by atoms with Gasteiger partial charge in [-0.25, -0.2) is 12.4 Å². The molecule has 0 fully saturated rings. The van der Waals surface area contributed by atoms with Gasteiger partial charge >= 0.3 is 0 Å². The van der Waals surface area contributed by atoms with Crippen LogP contribution >= 0.6 is 0 Å². The van der Waals surface area contributed by atoms with E-state index in [9.17, 15) is 13.6 Å². The highest BCUT2D eigenvalue weighted by molar-refractivity contribution is 7.90. The van der Waals surface area contributed by atoms with E-state index in [1.54, 1.807) is 36.4 Å². The summed E-state index contributed by atoms with van der Waals surface area (Å²) in [5, 5.41) is 14.1. The van der Waals surface area contributed by atoms with Gasteiger partial charge in [0, 0.05) is 23.3 Å². The summed E-state index contributed by atoms with van der Waals surface area (Å²) < 4.78 is 28.8. The van der Waals surface area contributed by atoms with Crippen LogP contribution in [0.3, 0.4) is 0 Å². The molecule has 2 aromatic heterocycles. The minimum absolute atomic E-state index is 0.195. The van der Waals surface area contributed by atoms with E-state index in [2.05, 4.69) is 6.92 Å². The molecule has 0 amide bonds. The number of rotatable bonds is 5. The smallest absolute Gasteiger partial charge is 0.268 e. The summed E-state index contributed by atoms with van der Waals surface area (Å²) in [7, 11) is -3.83. The highest BCUT2D eigenvalue weighted by atomic mass is 32.2. The number of unbranched alkanes of at least 4 members (excludes halogenated alkanes) is 1. The van der Waals surface area contributed by atoms with Crippen LogP contribution in [0.2, 0.25) is 0 Å². The maximum absolute atomic E-state index is 13.3. The van der Waals surface area contributed by atoms with Crippen LogP contribution in [0.25, 0.3) is 21.8 Å². The van der Waals surface area contributed by atoms with Gasteiger partial charge in [-0.15, -0.1) is 0 Å². The minimum Gasteiger partial charge on any atom is -0.618 e. The molecule has 0 aliphatic carbocycles. The van der Waals surface area contributed by atoms with Gasteiger partial charge in [-0.05, 0) is 24.6 Å². The molecule has 5 nitrogen and oxygen atoms in total. The monoisotopic (exact) mass is 380 g/mol. The van der Waals surface area contributed by atoms with Crippen LogP contribution in [-0.2, 0) is 16.4 Å². The maximum atomic E-state index is 13.3. The fourth-order valence-electron chi connectivity index (χ4n) is 3.45. The third-order valence-corrected chi connectivity index (χ3v) is 6.55. The van der Waals surface area contributed by atoms with Crippen molar-refractivity contribution in [3.8, 4) is 0 Å². The maximum Gasteiger partial charge on any atom is 0.268 e. The van der Waals surface area contributed by atoms with Crippen molar-refractivity contribution in [1.29, 1.82) is 0 Å². The van der Waals surface area contributed by atoms with Crippen molar-refractivity contribution in [2.75, 3.05) is 0 Å². The van der Waals surface area contributed by atoms with Gasteiger partial charge in [0.15, 0.2) is 5.69 Å². The molecular formula is C21H20N2O3S. The average Bonchev–Trinajstić information content (AvgIpc) is 3.00. The molecule has 27 heavy (non-hydrogen) atoms. The lowest BCUT2D eigenvalue weighted by Gasteiger charge is -2.09. The first-order valence-electron chi connectivity index (χ1n) is 9.00. The molecule has 0 bridgehead atoms. The SMILES string of the molecule is CCCCc1cc2c3ccccc3n(S(=O)(=O)c3ccccc3)c2c[n+]1[O-]. The third kappa shape index (κ3) is 2.86. The fraction of sp³-hybridized carbons (Fsp3) is 0.190. The number of para-hydroxylation sites is 1. The number of hydrogen-bond donors (Lipinski definition) is 0. The number of nitrogens with zero attached hydrogens (tertiary/aromatic N) is 2. The zero-order valence-corrected chi connectivity index (χ0v) is 15.8. The Hall–Kier alpha value is -2.86. The first-order chi connectivity index (χ1) is 13.0. The van der Waals surface area contributed by atoms with E-state index < -0.39 is 10.0 Å². The Balaban J connectivity index is 2.07. The van der Waals surface area contributed by atoms with Gasteiger partial charge in [-0.3, -0.25) is 0 Å². The Bertz CT molecular complexity index is 1230. The summed E-state index contributed by atoms with van der Waals surface area (Å²) >= 11 is 0. The fourth-order valence-corrected chi connectivity index (χ4v) is 4.99. The van der Waals surface area contributed by atoms with E-state index in [0.29, 0.717) is 23.1 Å². The summed E-state index contributed by atoms with van der Waals surface area (Å²) in [5.74, 6) is 0. The van der Waals surface area contributed by atoms with E-state index in [4.69, 9.17) is 0 Å². The third-order valence-electron chi connectivity index (χ3n) is 4.81. The molecule has 0 spiro atoms. The minimum atomic E-state index is -3.83. The van der Waals surface area contributed by atoms with Crippen LogP contribution in [0.5, 0.6) is 0 Å². The summed E-state index contributed by atoms with van der Waals surface area (Å²) in [6, 6.07) is 17.5. The highest BCUT2D eigenvalue weighted by Crippen LogP contribution is 2.32. The van der Waals surface area contributed by atoms with E-state index in [1.165, 1.54) is 10.2 Å². The van der Waals surface area contributed by atoms with Crippen LogP contribution in [0.1, 0.15) is 25.5 Å². The molecule has 0 unspecified atom stereocenters. The van der Waals surface area contributed by atoms with Crippen LogP contribution in [-0.4, -0.2) is 12.4 Å². The van der Waals surface area contributed by atoms with Crippen LogP contribution < -0.4 is 4.73 Å². The molecule has 0 atom stereocenters. The molecule has 2 aromatic carbocycles. The largest absolute Gasteiger partial charge is 0.618 e. The van der Waals surface area contributed by atoms with Gasteiger partial charge in [0.05, 0.1) is 10.4 Å². The first-order valence-corrected chi connectivity index (χ1v) is 10.4. The number of aromatic nitrogens is 2. The average molecular weight is 380 g/mol. The molecule has 138 valence electrons. The van der Waals surface area contributed by atoms with Crippen molar-refractivity contribution in [2.45, 2.75) is 31.1 Å². The molecule has 2 heterocycles. The first kappa shape index (κ1) is 17.5. The van der Waals surface area contributed by atoms with E-state index in [0.717, 1.165) is 28.3 Å². The Morgan fingerprint density at radius 2 is 1.67 bits per heavy atom. The molecule has 0 aliphatic rings. The van der Waals surface area contributed by atoms with Crippen molar-refractivity contribution in [3.05, 3.63) is 77.8 Å². The molecule has 0 N–H and O–H groups in total. The highest BCUT2D eigenvalue weighted by Gasteiger charge is 2.25. The van der Waals surface area contributed by atoms with Crippen LogP contribution in [0, 0.1) is 5.21 Å². The lowest BCUT2D eigenvalue weighted by atomic mass is 10.1. The Kier molecular flexibility index (Phi) is 4.36. The quantitative estimate of drug-likeness (QED) is 0.388. The number of fused-ring (bicyclic) bond motifs is 3. The van der Waals surface area contributed by atoms with Crippen molar-refractivity contribution >= 4 is 31.8 Å². The molecular weight excluding hydrogens is 360 g/mol. The summed E-state index contributed by atoms with van der Waals surface area (Å²) in [5.41, 5.74) is 1.63. The predicted octanol–water partition coefficient (Wildman–Crippen LogP) is 4.01.